The van der Waals surface area contributed by atoms with Crippen LogP contribution in [0.25, 0.3) is 0 Å². The van der Waals surface area contributed by atoms with E-state index in [0.717, 1.165) is 6.54 Å². The molecule has 0 radical (unpaired) electrons. The van der Waals surface area contributed by atoms with Crippen molar-refractivity contribution in [3.8, 4) is 0 Å². The summed E-state index contributed by atoms with van der Waals surface area (Å²) in [5.74, 6) is 0.227. The van der Waals surface area contributed by atoms with Gasteiger partial charge in [0.1, 0.15) is 0 Å². The van der Waals surface area contributed by atoms with Gasteiger partial charge in [0.2, 0.25) is 11.8 Å². The molecule has 4 nitrogen and oxygen atoms in total. The Bertz CT molecular complexity index is 539. The number of benzene rings is 1. The summed E-state index contributed by atoms with van der Waals surface area (Å²) in [7, 11) is 1.77. The van der Waals surface area contributed by atoms with Crippen molar-refractivity contribution in [1.82, 2.24) is 9.80 Å². The van der Waals surface area contributed by atoms with Gasteiger partial charge in [-0.05, 0) is 12.0 Å². The van der Waals surface area contributed by atoms with Crippen molar-refractivity contribution in [2.45, 2.75) is 39.7 Å². The number of hydrogen-bond acceptors (Lipinski definition) is 2. The van der Waals surface area contributed by atoms with E-state index in [9.17, 15) is 9.59 Å². The minimum Gasteiger partial charge on any atom is -0.346 e. The molecule has 1 aliphatic rings. The lowest BCUT2D eigenvalue weighted by Crippen LogP contribution is -2.57. The number of likely N-dealkylation sites (tertiary alicyclic amines) is 1. The third-order valence-corrected chi connectivity index (χ3v) is 4.49. The fourth-order valence-electron chi connectivity index (χ4n) is 3.19. The molecule has 1 fully saturated rings. The van der Waals surface area contributed by atoms with Crippen LogP contribution in [0.5, 0.6) is 0 Å². The summed E-state index contributed by atoms with van der Waals surface area (Å²) in [6.07, 6.45) is 1.21. The van der Waals surface area contributed by atoms with Crippen LogP contribution >= 0.6 is 0 Å². The summed E-state index contributed by atoms with van der Waals surface area (Å²) in [5.41, 5.74) is 1.32. The molecule has 0 aliphatic carbocycles. The monoisotopic (exact) mass is 302 g/mol. The second-order valence-electron chi connectivity index (χ2n) is 6.87. The summed E-state index contributed by atoms with van der Waals surface area (Å²) in [5, 5.41) is 0. The van der Waals surface area contributed by atoms with Gasteiger partial charge in [0.25, 0.3) is 0 Å². The van der Waals surface area contributed by atoms with Crippen LogP contribution in [0.4, 0.5) is 0 Å². The summed E-state index contributed by atoms with van der Waals surface area (Å²) in [6, 6.07) is 10.4. The minimum absolute atomic E-state index is 0.0414. The van der Waals surface area contributed by atoms with Crippen molar-refractivity contribution in [2.75, 3.05) is 20.1 Å². The Morgan fingerprint density at radius 3 is 2.45 bits per heavy atom. The molecule has 1 aliphatic heterocycles. The van der Waals surface area contributed by atoms with E-state index in [-0.39, 0.29) is 23.3 Å². The maximum absolute atomic E-state index is 12.5. The first-order valence-corrected chi connectivity index (χ1v) is 7.89. The molecule has 0 N–H and O–H groups in total. The minimum atomic E-state index is 0.0414. The molecule has 0 spiro atoms. The van der Waals surface area contributed by atoms with Crippen LogP contribution in [0.2, 0.25) is 0 Å². The van der Waals surface area contributed by atoms with Crippen molar-refractivity contribution in [2.24, 2.45) is 5.41 Å². The molecule has 1 aromatic rings. The van der Waals surface area contributed by atoms with Gasteiger partial charge in [0, 0.05) is 38.9 Å². The average Bonchev–Trinajstić information content (AvgIpc) is 2.45. The summed E-state index contributed by atoms with van der Waals surface area (Å²) in [4.78, 5) is 27.3. The van der Waals surface area contributed by atoms with Crippen LogP contribution in [0.15, 0.2) is 30.3 Å². The first-order valence-electron chi connectivity index (χ1n) is 7.89. The molecule has 1 atom stereocenters. The first kappa shape index (κ1) is 16.5. The zero-order valence-corrected chi connectivity index (χ0v) is 14.0. The van der Waals surface area contributed by atoms with E-state index >= 15 is 0 Å². The van der Waals surface area contributed by atoms with Gasteiger partial charge in [0.15, 0.2) is 0 Å². The van der Waals surface area contributed by atoms with Gasteiger partial charge >= 0.3 is 0 Å². The molecule has 22 heavy (non-hydrogen) atoms. The van der Waals surface area contributed by atoms with Crippen LogP contribution in [0, 0.1) is 5.41 Å². The quantitative estimate of drug-likeness (QED) is 0.839. The predicted molar refractivity (Wildman–Crippen MR) is 87.2 cm³/mol. The Morgan fingerprint density at radius 2 is 1.91 bits per heavy atom. The van der Waals surface area contributed by atoms with E-state index < -0.39 is 0 Å². The number of carbonyl (C=O) groups excluding carboxylic acids is 2. The van der Waals surface area contributed by atoms with Crippen LogP contribution < -0.4 is 0 Å². The molecule has 0 aromatic heterocycles. The zero-order chi connectivity index (χ0) is 16.3. The van der Waals surface area contributed by atoms with Crippen LogP contribution in [-0.4, -0.2) is 41.8 Å². The highest BCUT2D eigenvalue weighted by molar-refractivity contribution is 5.78. The number of rotatable bonds is 5. The van der Waals surface area contributed by atoms with Gasteiger partial charge in [-0.25, -0.2) is 0 Å². The smallest absolute Gasteiger partial charge is 0.223 e. The predicted octanol–water partition coefficient (Wildman–Crippen LogP) is 2.85. The first-order chi connectivity index (χ1) is 10.3. The molecule has 4 heteroatoms. The fourth-order valence-corrected chi connectivity index (χ4v) is 3.19. The van der Waals surface area contributed by atoms with E-state index in [1.54, 1.807) is 18.9 Å². The second-order valence-corrected chi connectivity index (χ2v) is 6.87. The number of carbonyl (C=O) groups is 2. The molecule has 1 aromatic carbocycles. The number of amides is 2. The number of nitrogens with zero attached hydrogens (tertiary/aromatic N) is 2. The molecule has 0 saturated carbocycles. The molecule has 0 bridgehead atoms. The normalized spacial score (nSPS) is 19.5. The average molecular weight is 302 g/mol. The maximum atomic E-state index is 12.5. The van der Waals surface area contributed by atoms with Crippen LogP contribution in [-0.2, 0) is 9.59 Å². The van der Waals surface area contributed by atoms with Gasteiger partial charge in [0.05, 0.1) is 6.04 Å². The Labute approximate surface area is 133 Å². The van der Waals surface area contributed by atoms with Gasteiger partial charge in [-0.3, -0.25) is 9.59 Å². The van der Waals surface area contributed by atoms with E-state index in [1.165, 1.54) is 5.56 Å². The van der Waals surface area contributed by atoms with E-state index in [1.807, 2.05) is 23.1 Å². The summed E-state index contributed by atoms with van der Waals surface area (Å²) in [6.45, 7) is 7.39. The second kappa shape index (κ2) is 6.51. The third-order valence-electron chi connectivity index (χ3n) is 4.49. The molecule has 1 heterocycles. The Kier molecular flexibility index (Phi) is 4.89. The molecular weight excluding hydrogens is 276 g/mol. The highest BCUT2D eigenvalue weighted by atomic mass is 16.2. The Balaban J connectivity index is 1.94. The zero-order valence-electron chi connectivity index (χ0n) is 14.0. The summed E-state index contributed by atoms with van der Waals surface area (Å²) >= 11 is 0. The summed E-state index contributed by atoms with van der Waals surface area (Å²) < 4.78 is 0. The fraction of sp³-hybridized carbons (Fsp3) is 0.556. The van der Waals surface area contributed by atoms with Crippen molar-refractivity contribution < 1.29 is 9.59 Å². The highest BCUT2D eigenvalue weighted by Crippen LogP contribution is 2.48. The van der Waals surface area contributed by atoms with Gasteiger partial charge in [-0.15, -0.1) is 0 Å². The van der Waals surface area contributed by atoms with Crippen molar-refractivity contribution in [1.29, 1.82) is 0 Å². The van der Waals surface area contributed by atoms with Crippen molar-refractivity contribution in [3.05, 3.63) is 35.9 Å². The lowest BCUT2D eigenvalue weighted by Gasteiger charge is -2.54. The van der Waals surface area contributed by atoms with Gasteiger partial charge in [-0.1, -0.05) is 44.2 Å². The standard InChI is InChI=1S/C18H26N2O2/c1-14(21)19(4)12-8-11-16(22)20-13-18(2,3)17(20)15-9-6-5-7-10-15/h5-7,9-10,17H,8,11-13H2,1-4H3. The Morgan fingerprint density at radius 1 is 1.27 bits per heavy atom. The van der Waals surface area contributed by atoms with Crippen LogP contribution in [0.3, 0.4) is 0 Å². The molecule has 2 rings (SSSR count). The molecule has 1 saturated heterocycles. The highest BCUT2D eigenvalue weighted by Gasteiger charge is 2.48. The van der Waals surface area contributed by atoms with Gasteiger partial charge in [-0.2, -0.15) is 0 Å². The van der Waals surface area contributed by atoms with Crippen LogP contribution in [0.1, 0.15) is 45.2 Å². The van der Waals surface area contributed by atoms with Crippen molar-refractivity contribution in [3.63, 3.8) is 0 Å². The Hall–Kier alpha value is -1.84. The van der Waals surface area contributed by atoms with Crippen molar-refractivity contribution >= 4 is 11.8 Å². The molecule has 2 amide bonds. The van der Waals surface area contributed by atoms with E-state index in [4.69, 9.17) is 0 Å². The largest absolute Gasteiger partial charge is 0.346 e. The number of hydrogen-bond donors (Lipinski definition) is 0. The lowest BCUT2D eigenvalue weighted by atomic mass is 9.71. The topological polar surface area (TPSA) is 40.6 Å². The lowest BCUT2D eigenvalue weighted by molar-refractivity contribution is -0.152. The molecule has 120 valence electrons. The van der Waals surface area contributed by atoms with E-state index in [0.29, 0.717) is 19.4 Å². The SMILES string of the molecule is CC(=O)N(C)CCCC(=O)N1CC(C)(C)C1c1ccccc1. The molecule has 1 unspecified atom stereocenters. The van der Waals surface area contributed by atoms with E-state index in [2.05, 4.69) is 26.0 Å². The third kappa shape index (κ3) is 3.49. The molecular formula is C18H26N2O2. The maximum Gasteiger partial charge on any atom is 0.223 e. The van der Waals surface area contributed by atoms with Gasteiger partial charge < -0.3 is 9.80 Å².